The van der Waals surface area contributed by atoms with E-state index < -0.39 is 0 Å². The zero-order chi connectivity index (χ0) is 14.7. The first kappa shape index (κ1) is 14.7. The summed E-state index contributed by atoms with van der Waals surface area (Å²) in [4.78, 5) is 6.19. The van der Waals surface area contributed by atoms with Crippen LogP contribution in [0.25, 0.3) is 10.4 Å². The predicted molar refractivity (Wildman–Crippen MR) is 87.5 cm³/mol. The minimum absolute atomic E-state index is 0.126. The molecular formula is C17H22N2OS. The van der Waals surface area contributed by atoms with E-state index in [0.29, 0.717) is 0 Å². The minimum atomic E-state index is -0.126. The lowest BCUT2D eigenvalue weighted by Gasteiger charge is -2.38. The first-order valence-corrected chi connectivity index (χ1v) is 8.42. The average Bonchev–Trinajstić information content (AvgIpc) is 2.90. The monoisotopic (exact) mass is 302 g/mol. The lowest BCUT2D eigenvalue weighted by molar-refractivity contribution is -0.0780. The highest BCUT2D eigenvalue weighted by Crippen LogP contribution is 2.47. The van der Waals surface area contributed by atoms with E-state index >= 15 is 0 Å². The van der Waals surface area contributed by atoms with Crippen LogP contribution in [0.2, 0.25) is 0 Å². The van der Waals surface area contributed by atoms with Gasteiger partial charge in [0.1, 0.15) is 10.6 Å². The molecule has 1 aliphatic carbocycles. The van der Waals surface area contributed by atoms with E-state index in [-0.39, 0.29) is 5.60 Å². The summed E-state index contributed by atoms with van der Waals surface area (Å²) in [6, 6.07) is 10.5. The maximum Gasteiger partial charge on any atom is 0.126 e. The lowest BCUT2D eigenvalue weighted by Crippen LogP contribution is -2.36. The summed E-state index contributed by atoms with van der Waals surface area (Å²) in [5.41, 5.74) is 2.27. The van der Waals surface area contributed by atoms with Gasteiger partial charge in [-0.05, 0) is 31.4 Å². The van der Waals surface area contributed by atoms with E-state index in [1.807, 2.05) is 7.11 Å². The Hall–Kier alpha value is -1.23. The van der Waals surface area contributed by atoms with Crippen LogP contribution >= 0.6 is 11.3 Å². The molecule has 1 aromatic heterocycles. The summed E-state index contributed by atoms with van der Waals surface area (Å²) in [5, 5.41) is 4.54. The summed E-state index contributed by atoms with van der Waals surface area (Å²) in [7, 11) is 1.81. The molecule has 0 aliphatic heterocycles. The number of methoxy groups -OCH3 is 1. The van der Waals surface area contributed by atoms with Crippen LogP contribution in [-0.2, 0) is 16.9 Å². The molecular weight excluding hydrogens is 280 g/mol. The topological polar surface area (TPSA) is 34.2 Å². The van der Waals surface area contributed by atoms with Crippen molar-refractivity contribution in [2.24, 2.45) is 0 Å². The summed E-state index contributed by atoms with van der Waals surface area (Å²) >= 11 is 1.79. The molecule has 1 saturated carbocycles. The molecule has 4 heteroatoms. The van der Waals surface area contributed by atoms with Crippen molar-refractivity contribution in [2.45, 2.75) is 38.3 Å². The number of nitrogens with zero attached hydrogens (tertiary/aromatic N) is 1. The molecule has 0 spiro atoms. The standard InChI is InChI=1S/C17H22N2OS/c1-3-18-12-14-15(13-8-5-4-6-9-13)21-16(19-14)17(20-2)10-7-11-17/h4-6,8-9,18H,3,7,10-12H2,1-2H3. The second-order valence-corrected chi connectivity index (χ2v) is 6.49. The molecule has 1 N–H and O–H groups in total. The Balaban J connectivity index is 1.99. The fraction of sp³-hybridized carbons (Fsp3) is 0.471. The highest BCUT2D eigenvalue weighted by atomic mass is 32.1. The van der Waals surface area contributed by atoms with Crippen LogP contribution in [0.3, 0.4) is 0 Å². The van der Waals surface area contributed by atoms with Gasteiger partial charge in [-0.2, -0.15) is 0 Å². The Morgan fingerprint density at radius 3 is 2.62 bits per heavy atom. The van der Waals surface area contributed by atoms with Crippen molar-refractivity contribution in [3.63, 3.8) is 0 Å². The molecule has 112 valence electrons. The molecule has 0 atom stereocenters. The Morgan fingerprint density at radius 1 is 1.29 bits per heavy atom. The van der Waals surface area contributed by atoms with E-state index in [2.05, 4.69) is 42.6 Å². The van der Waals surface area contributed by atoms with Crippen LogP contribution < -0.4 is 5.32 Å². The summed E-state index contributed by atoms with van der Waals surface area (Å²) in [5.74, 6) is 0. The van der Waals surface area contributed by atoms with Gasteiger partial charge < -0.3 is 10.1 Å². The van der Waals surface area contributed by atoms with Crippen LogP contribution in [0.15, 0.2) is 30.3 Å². The summed E-state index contributed by atoms with van der Waals surface area (Å²) in [6.45, 7) is 3.89. The maximum atomic E-state index is 5.80. The second kappa shape index (κ2) is 6.26. The lowest BCUT2D eigenvalue weighted by atomic mass is 9.80. The molecule has 21 heavy (non-hydrogen) atoms. The number of ether oxygens (including phenoxy) is 1. The number of benzene rings is 1. The molecule has 1 aromatic carbocycles. The van der Waals surface area contributed by atoms with Crippen LogP contribution in [-0.4, -0.2) is 18.6 Å². The third kappa shape index (κ3) is 2.76. The van der Waals surface area contributed by atoms with Gasteiger partial charge in [0.2, 0.25) is 0 Å². The SMILES string of the molecule is CCNCc1nc(C2(OC)CCC2)sc1-c1ccccc1. The molecule has 1 heterocycles. The summed E-state index contributed by atoms with van der Waals surface area (Å²) < 4.78 is 5.80. The largest absolute Gasteiger partial charge is 0.371 e. The zero-order valence-corrected chi connectivity index (χ0v) is 13.5. The zero-order valence-electron chi connectivity index (χ0n) is 12.7. The van der Waals surface area contributed by atoms with Gasteiger partial charge in [-0.1, -0.05) is 37.3 Å². The molecule has 2 aromatic rings. The van der Waals surface area contributed by atoms with E-state index in [1.165, 1.54) is 16.9 Å². The summed E-state index contributed by atoms with van der Waals surface area (Å²) in [6.07, 6.45) is 3.41. The number of aromatic nitrogens is 1. The van der Waals surface area contributed by atoms with Crippen molar-refractivity contribution < 1.29 is 4.74 Å². The van der Waals surface area contributed by atoms with Gasteiger partial charge in [0, 0.05) is 13.7 Å². The van der Waals surface area contributed by atoms with Crippen molar-refractivity contribution in [3.05, 3.63) is 41.0 Å². The molecule has 0 amide bonds. The molecule has 1 aliphatic rings. The quantitative estimate of drug-likeness (QED) is 0.877. The maximum absolute atomic E-state index is 5.80. The first-order valence-electron chi connectivity index (χ1n) is 7.60. The number of thiazole rings is 1. The van der Waals surface area contributed by atoms with E-state index in [0.717, 1.165) is 36.6 Å². The second-order valence-electron chi connectivity index (χ2n) is 5.49. The number of nitrogens with one attached hydrogen (secondary N) is 1. The van der Waals surface area contributed by atoms with Crippen LogP contribution in [0.5, 0.6) is 0 Å². The molecule has 3 nitrogen and oxygen atoms in total. The highest BCUT2D eigenvalue weighted by Gasteiger charge is 2.42. The molecule has 1 fully saturated rings. The first-order chi connectivity index (χ1) is 10.3. The predicted octanol–water partition coefficient (Wildman–Crippen LogP) is 3.95. The average molecular weight is 302 g/mol. The van der Waals surface area contributed by atoms with Gasteiger partial charge in [0.05, 0.1) is 10.6 Å². The van der Waals surface area contributed by atoms with Crippen LogP contribution in [0, 0.1) is 0 Å². The van der Waals surface area contributed by atoms with E-state index in [4.69, 9.17) is 9.72 Å². The fourth-order valence-corrected chi connectivity index (χ4v) is 4.04. The van der Waals surface area contributed by atoms with Crippen molar-refractivity contribution in [2.75, 3.05) is 13.7 Å². The third-order valence-corrected chi connectivity index (χ3v) is 5.55. The van der Waals surface area contributed by atoms with Gasteiger partial charge in [-0.15, -0.1) is 11.3 Å². The van der Waals surface area contributed by atoms with Gasteiger partial charge in [0.25, 0.3) is 0 Å². The molecule has 3 rings (SSSR count). The van der Waals surface area contributed by atoms with E-state index in [9.17, 15) is 0 Å². The Morgan fingerprint density at radius 2 is 2.05 bits per heavy atom. The minimum Gasteiger partial charge on any atom is -0.371 e. The molecule has 0 bridgehead atoms. The smallest absolute Gasteiger partial charge is 0.126 e. The van der Waals surface area contributed by atoms with Crippen molar-refractivity contribution in [3.8, 4) is 10.4 Å². The fourth-order valence-electron chi connectivity index (χ4n) is 2.73. The number of hydrogen-bond acceptors (Lipinski definition) is 4. The van der Waals surface area contributed by atoms with Gasteiger partial charge in [-0.3, -0.25) is 0 Å². The van der Waals surface area contributed by atoms with Crippen molar-refractivity contribution >= 4 is 11.3 Å². The van der Waals surface area contributed by atoms with Crippen LogP contribution in [0.4, 0.5) is 0 Å². The van der Waals surface area contributed by atoms with E-state index in [1.54, 1.807) is 11.3 Å². The highest BCUT2D eigenvalue weighted by molar-refractivity contribution is 7.15. The Labute approximate surface area is 130 Å². The molecule has 0 radical (unpaired) electrons. The van der Waals surface area contributed by atoms with Gasteiger partial charge in [0.15, 0.2) is 0 Å². The molecule has 0 saturated heterocycles. The number of hydrogen-bond donors (Lipinski definition) is 1. The number of rotatable bonds is 6. The normalized spacial score (nSPS) is 16.7. The van der Waals surface area contributed by atoms with Gasteiger partial charge >= 0.3 is 0 Å². The van der Waals surface area contributed by atoms with Gasteiger partial charge in [-0.25, -0.2) is 4.98 Å². The van der Waals surface area contributed by atoms with Crippen LogP contribution in [0.1, 0.15) is 36.9 Å². The third-order valence-electron chi connectivity index (χ3n) is 4.22. The molecule has 0 unspecified atom stereocenters. The van der Waals surface area contributed by atoms with Crippen molar-refractivity contribution in [1.29, 1.82) is 0 Å². The Kier molecular flexibility index (Phi) is 4.38. The van der Waals surface area contributed by atoms with Crippen molar-refractivity contribution in [1.82, 2.24) is 10.3 Å². The Bertz CT molecular complexity index is 585.